The topological polar surface area (TPSA) is 68.8 Å². The molecule has 0 N–H and O–H groups in total. The van der Waals surface area contributed by atoms with Crippen LogP contribution in [0.25, 0.3) is 0 Å². The summed E-state index contributed by atoms with van der Waals surface area (Å²) in [5.41, 5.74) is 0.490. The molecule has 0 radical (unpaired) electrons. The average molecular weight is 468 g/mol. The number of nitrogens with zero attached hydrogens (tertiary/aromatic N) is 6. The lowest BCUT2D eigenvalue weighted by Crippen LogP contribution is -2.61. The predicted octanol–water partition coefficient (Wildman–Crippen LogP) is 3.38. The maximum atomic E-state index is 13.7. The fourth-order valence-corrected chi connectivity index (χ4v) is 7.01. The summed E-state index contributed by atoms with van der Waals surface area (Å²) in [7, 11) is 3.75. The minimum absolute atomic E-state index is 0.0796. The Kier molecular flexibility index (Phi) is 4.18. The van der Waals surface area contributed by atoms with Crippen LogP contribution in [-0.2, 0) is 23.9 Å². The van der Waals surface area contributed by atoms with Gasteiger partial charge in [0, 0.05) is 14.1 Å². The van der Waals surface area contributed by atoms with E-state index in [1.54, 1.807) is 10.9 Å². The van der Waals surface area contributed by atoms with Crippen LogP contribution in [0.2, 0.25) is 5.02 Å². The first-order chi connectivity index (χ1) is 13.3. The van der Waals surface area contributed by atoms with Gasteiger partial charge in [-0.2, -0.15) is 5.10 Å². The summed E-state index contributed by atoms with van der Waals surface area (Å²) in [6.07, 6.45) is 9.74. The Labute approximate surface area is 177 Å². The lowest BCUT2D eigenvalue weighted by Gasteiger charge is -2.61. The first-order valence-corrected chi connectivity index (χ1v) is 11.0. The van der Waals surface area contributed by atoms with Crippen molar-refractivity contribution in [2.75, 3.05) is 7.05 Å². The lowest BCUT2D eigenvalue weighted by atomic mass is 9.46. The number of halogens is 2. The standard InChI is InChI=1S/C19H24BrClN6O/c1-25(9-15-14(21)8-23-26(15)2)16(28)18-4-12-3-13(5-18)7-19(6-12,10-18)27-11-22-17(20)24-27/h8,11-13H,3-7,9-10H2,1-2H3. The fraction of sp³-hybridized carbons (Fsp3) is 0.684. The van der Waals surface area contributed by atoms with E-state index in [4.69, 9.17) is 11.6 Å². The van der Waals surface area contributed by atoms with E-state index in [1.807, 2.05) is 30.0 Å². The highest BCUT2D eigenvalue weighted by atomic mass is 79.9. The maximum Gasteiger partial charge on any atom is 0.228 e. The van der Waals surface area contributed by atoms with Crippen LogP contribution in [0.3, 0.4) is 0 Å². The average Bonchev–Trinajstić information content (AvgIpc) is 3.21. The van der Waals surface area contributed by atoms with Gasteiger partial charge in [-0.15, -0.1) is 5.10 Å². The maximum absolute atomic E-state index is 13.7. The van der Waals surface area contributed by atoms with Crippen molar-refractivity contribution < 1.29 is 4.79 Å². The molecule has 4 aliphatic carbocycles. The smallest absolute Gasteiger partial charge is 0.228 e. The van der Waals surface area contributed by atoms with Gasteiger partial charge in [0.1, 0.15) is 6.33 Å². The van der Waals surface area contributed by atoms with Crippen molar-refractivity contribution in [3.8, 4) is 0 Å². The predicted molar refractivity (Wildman–Crippen MR) is 108 cm³/mol. The Morgan fingerprint density at radius 2 is 2.07 bits per heavy atom. The SMILES string of the molecule is CN(Cc1c(Cl)cnn1C)C(=O)C12CC3CC(C1)CC(n1cnc(Br)n1)(C3)C2. The molecule has 0 saturated heterocycles. The van der Waals surface area contributed by atoms with Crippen LogP contribution in [0.1, 0.15) is 44.2 Å². The second-order valence-corrected chi connectivity index (χ2v) is 10.3. The molecule has 150 valence electrons. The third-order valence-electron chi connectivity index (χ3n) is 7.18. The number of carbonyl (C=O) groups excluding carboxylic acids is 1. The molecule has 28 heavy (non-hydrogen) atoms. The molecule has 0 spiro atoms. The largest absolute Gasteiger partial charge is 0.339 e. The Hall–Kier alpha value is -1.41. The Balaban J connectivity index is 1.45. The molecule has 9 heteroatoms. The van der Waals surface area contributed by atoms with Gasteiger partial charge < -0.3 is 4.90 Å². The van der Waals surface area contributed by atoms with E-state index in [9.17, 15) is 4.79 Å². The van der Waals surface area contributed by atoms with Crippen LogP contribution < -0.4 is 0 Å². The summed E-state index contributed by atoms with van der Waals surface area (Å²) in [6, 6.07) is 0. The van der Waals surface area contributed by atoms with Gasteiger partial charge in [-0.1, -0.05) is 11.6 Å². The van der Waals surface area contributed by atoms with Crippen LogP contribution in [0.4, 0.5) is 0 Å². The van der Waals surface area contributed by atoms with Gasteiger partial charge in [0.15, 0.2) is 0 Å². The van der Waals surface area contributed by atoms with Crippen LogP contribution in [0.15, 0.2) is 17.3 Å². The van der Waals surface area contributed by atoms with Gasteiger partial charge in [0.25, 0.3) is 0 Å². The monoisotopic (exact) mass is 466 g/mol. The van der Waals surface area contributed by atoms with E-state index in [0.717, 1.165) is 37.8 Å². The molecular formula is C19H24BrClN6O. The van der Waals surface area contributed by atoms with Crippen molar-refractivity contribution in [2.45, 2.75) is 50.6 Å². The lowest BCUT2D eigenvalue weighted by molar-refractivity contribution is -0.166. The molecule has 0 aromatic carbocycles. The third-order valence-corrected chi connectivity index (χ3v) is 7.86. The van der Waals surface area contributed by atoms with E-state index in [-0.39, 0.29) is 16.9 Å². The molecule has 2 aromatic heterocycles. The molecule has 6 rings (SSSR count). The zero-order valence-electron chi connectivity index (χ0n) is 16.1. The summed E-state index contributed by atoms with van der Waals surface area (Å²) in [4.78, 5) is 19.9. The zero-order valence-corrected chi connectivity index (χ0v) is 18.4. The molecule has 7 nitrogen and oxygen atoms in total. The molecular weight excluding hydrogens is 444 g/mol. The van der Waals surface area contributed by atoms with Crippen molar-refractivity contribution in [1.82, 2.24) is 29.4 Å². The quantitative estimate of drug-likeness (QED) is 0.691. The first-order valence-electron chi connectivity index (χ1n) is 9.80. The summed E-state index contributed by atoms with van der Waals surface area (Å²) in [5.74, 6) is 1.41. The molecule has 2 unspecified atom stereocenters. The van der Waals surface area contributed by atoms with E-state index in [2.05, 4.69) is 31.1 Å². The fourth-order valence-electron chi connectivity index (χ4n) is 6.52. The number of aryl methyl sites for hydroxylation is 1. The molecule has 4 bridgehead atoms. The molecule has 1 amide bonds. The summed E-state index contributed by atoms with van der Waals surface area (Å²) in [6.45, 7) is 0.479. The Morgan fingerprint density at radius 3 is 2.64 bits per heavy atom. The minimum atomic E-state index is -0.303. The van der Waals surface area contributed by atoms with Gasteiger partial charge in [0.2, 0.25) is 10.6 Å². The van der Waals surface area contributed by atoms with Gasteiger partial charge in [-0.3, -0.25) is 9.48 Å². The second kappa shape index (κ2) is 6.29. The van der Waals surface area contributed by atoms with E-state index < -0.39 is 0 Å². The van der Waals surface area contributed by atoms with Gasteiger partial charge in [0.05, 0.1) is 34.4 Å². The van der Waals surface area contributed by atoms with Crippen molar-refractivity contribution in [3.63, 3.8) is 0 Å². The summed E-state index contributed by atoms with van der Waals surface area (Å²) < 4.78 is 4.40. The van der Waals surface area contributed by atoms with E-state index >= 15 is 0 Å². The summed E-state index contributed by atoms with van der Waals surface area (Å²) >= 11 is 9.66. The van der Waals surface area contributed by atoms with Crippen molar-refractivity contribution in [3.05, 3.63) is 28.0 Å². The summed E-state index contributed by atoms with van der Waals surface area (Å²) in [5, 5.41) is 9.39. The van der Waals surface area contributed by atoms with E-state index in [0.29, 0.717) is 28.1 Å². The molecule has 2 aromatic rings. The van der Waals surface area contributed by atoms with Crippen molar-refractivity contribution in [1.29, 1.82) is 0 Å². The highest BCUT2D eigenvalue weighted by Crippen LogP contribution is 2.64. The highest BCUT2D eigenvalue weighted by Gasteiger charge is 2.62. The zero-order chi connectivity index (χ0) is 19.7. The van der Waals surface area contributed by atoms with Gasteiger partial charge in [-0.05, 0) is 66.3 Å². The van der Waals surface area contributed by atoms with Crippen LogP contribution >= 0.6 is 27.5 Å². The molecule has 2 heterocycles. The van der Waals surface area contributed by atoms with Crippen LogP contribution in [0, 0.1) is 17.3 Å². The second-order valence-electron chi connectivity index (χ2n) is 9.15. The molecule has 0 aliphatic heterocycles. The molecule has 2 atom stereocenters. The van der Waals surface area contributed by atoms with Crippen LogP contribution in [-0.4, -0.2) is 42.4 Å². The molecule has 4 saturated carbocycles. The number of hydrogen-bond donors (Lipinski definition) is 0. The number of rotatable bonds is 4. The third kappa shape index (κ3) is 2.75. The number of carbonyl (C=O) groups is 1. The normalized spacial score (nSPS) is 33.4. The van der Waals surface area contributed by atoms with Crippen molar-refractivity contribution in [2.24, 2.45) is 24.3 Å². The molecule has 4 aliphatic rings. The number of aromatic nitrogens is 5. The number of hydrogen-bond acceptors (Lipinski definition) is 4. The minimum Gasteiger partial charge on any atom is -0.339 e. The van der Waals surface area contributed by atoms with E-state index in [1.165, 1.54) is 6.42 Å². The van der Waals surface area contributed by atoms with Gasteiger partial charge >= 0.3 is 0 Å². The Morgan fingerprint density at radius 1 is 1.36 bits per heavy atom. The van der Waals surface area contributed by atoms with Crippen molar-refractivity contribution >= 4 is 33.4 Å². The highest BCUT2D eigenvalue weighted by molar-refractivity contribution is 9.10. The Bertz CT molecular complexity index is 905. The number of amides is 1. The van der Waals surface area contributed by atoms with Crippen LogP contribution in [0.5, 0.6) is 0 Å². The first kappa shape index (κ1) is 18.6. The molecule has 4 fully saturated rings. The van der Waals surface area contributed by atoms with Gasteiger partial charge in [-0.25, -0.2) is 9.67 Å².